The highest BCUT2D eigenvalue weighted by Gasteiger charge is 2.63. The molecule has 3 aliphatic carbocycles. The predicted octanol–water partition coefficient (Wildman–Crippen LogP) is 2.28. The number of fused-ring (bicyclic) bond motifs is 2. The van der Waals surface area contributed by atoms with Crippen LogP contribution in [0.1, 0.15) is 12.8 Å². The summed E-state index contributed by atoms with van der Waals surface area (Å²) in [5, 5.41) is 0.548. The quantitative estimate of drug-likeness (QED) is 0.727. The minimum absolute atomic E-state index is 0.0684. The molecule has 1 heterocycles. The summed E-state index contributed by atoms with van der Waals surface area (Å²) in [4.78, 5) is 50.7. The average Bonchev–Trinajstić information content (AvgIpc) is 2.77. The Morgan fingerprint density at radius 2 is 1.35 bits per heavy atom. The van der Waals surface area contributed by atoms with E-state index < -0.39 is 35.5 Å². The lowest BCUT2D eigenvalue weighted by Gasteiger charge is -2.40. The molecule has 0 spiro atoms. The highest BCUT2D eigenvalue weighted by molar-refractivity contribution is 6.42. The SMILES string of the molecule is O=C1CC2C(=O)CC1C1C(=O)N(c3ccc(Cl)c(Cl)c3)C(=O)C21. The summed E-state index contributed by atoms with van der Waals surface area (Å²) in [6.45, 7) is 0. The van der Waals surface area contributed by atoms with Crippen molar-refractivity contribution in [2.24, 2.45) is 23.7 Å². The second-order valence-electron chi connectivity index (χ2n) is 6.22. The number of hydrogen-bond acceptors (Lipinski definition) is 4. The summed E-state index contributed by atoms with van der Waals surface area (Å²) < 4.78 is 0. The van der Waals surface area contributed by atoms with E-state index in [2.05, 4.69) is 0 Å². The van der Waals surface area contributed by atoms with Crippen LogP contribution in [0.3, 0.4) is 0 Å². The molecule has 4 unspecified atom stereocenters. The second-order valence-corrected chi connectivity index (χ2v) is 7.03. The Balaban J connectivity index is 1.79. The zero-order valence-electron chi connectivity index (χ0n) is 11.8. The molecule has 4 atom stereocenters. The van der Waals surface area contributed by atoms with Crippen molar-refractivity contribution in [2.45, 2.75) is 12.8 Å². The van der Waals surface area contributed by atoms with Crippen molar-refractivity contribution in [2.75, 3.05) is 4.90 Å². The van der Waals surface area contributed by atoms with Gasteiger partial charge in [0.25, 0.3) is 0 Å². The van der Waals surface area contributed by atoms with Gasteiger partial charge in [0.05, 0.1) is 27.6 Å². The first-order valence-corrected chi connectivity index (χ1v) is 8.04. The topological polar surface area (TPSA) is 71.5 Å². The standard InChI is InChI=1S/C16H11Cl2NO4/c17-9-2-1-6(3-10(9)18)19-15(22)13-7-4-11(20)8(5-12(7)21)14(13)16(19)23/h1-3,7-8,13-14H,4-5H2. The molecule has 1 aliphatic heterocycles. The Labute approximate surface area is 141 Å². The summed E-state index contributed by atoms with van der Waals surface area (Å²) in [6, 6.07) is 4.49. The van der Waals surface area contributed by atoms with E-state index in [4.69, 9.17) is 23.2 Å². The van der Waals surface area contributed by atoms with Gasteiger partial charge in [0, 0.05) is 24.7 Å². The molecule has 23 heavy (non-hydrogen) atoms. The zero-order chi connectivity index (χ0) is 16.5. The van der Waals surface area contributed by atoms with Crippen molar-refractivity contribution in [3.63, 3.8) is 0 Å². The fourth-order valence-corrected chi connectivity index (χ4v) is 4.35. The van der Waals surface area contributed by atoms with E-state index in [0.717, 1.165) is 4.90 Å². The highest BCUT2D eigenvalue weighted by Crippen LogP contribution is 2.51. The van der Waals surface area contributed by atoms with Crippen LogP contribution in [0.25, 0.3) is 0 Å². The first kappa shape index (κ1) is 14.8. The Hall–Kier alpha value is -1.72. The Morgan fingerprint density at radius 3 is 1.83 bits per heavy atom. The molecule has 118 valence electrons. The van der Waals surface area contributed by atoms with Gasteiger partial charge in [-0.15, -0.1) is 0 Å². The lowest BCUT2D eigenvalue weighted by atomic mass is 9.58. The molecule has 2 amide bonds. The van der Waals surface area contributed by atoms with E-state index in [1.54, 1.807) is 0 Å². The molecule has 7 heteroatoms. The van der Waals surface area contributed by atoms with Gasteiger partial charge in [-0.05, 0) is 18.2 Å². The van der Waals surface area contributed by atoms with Crippen molar-refractivity contribution in [3.8, 4) is 0 Å². The number of carbonyl (C=O) groups is 4. The molecule has 5 rings (SSSR count). The van der Waals surface area contributed by atoms with E-state index in [-0.39, 0.29) is 29.4 Å². The molecule has 1 saturated heterocycles. The largest absolute Gasteiger partial charge is 0.299 e. The lowest BCUT2D eigenvalue weighted by molar-refractivity contribution is -0.153. The van der Waals surface area contributed by atoms with Crippen molar-refractivity contribution in [1.29, 1.82) is 0 Å². The Kier molecular flexibility index (Phi) is 3.15. The third kappa shape index (κ3) is 1.93. The van der Waals surface area contributed by atoms with E-state index >= 15 is 0 Å². The summed E-state index contributed by atoms with van der Waals surface area (Å²) in [6.07, 6.45) is 0.137. The van der Waals surface area contributed by atoms with E-state index in [1.807, 2.05) is 0 Å². The monoisotopic (exact) mass is 351 g/mol. The first-order valence-electron chi connectivity index (χ1n) is 7.28. The fourth-order valence-electron chi connectivity index (χ4n) is 4.06. The smallest absolute Gasteiger partial charge is 0.238 e. The summed E-state index contributed by atoms with van der Waals surface area (Å²) in [5.74, 6) is -3.80. The van der Waals surface area contributed by atoms with Crippen molar-refractivity contribution in [1.82, 2.24) is 0 Å². The minimum atomic E-state index is -0.721. The Bertz CT molecular complexity index is 750. The number of rotatable bonds is 1. The van der Waals surface area contributed by atoms with Crippen molar-refractivity contribution < 1.29 is 19.2 Å². The van der Waals surface area contributed by atoms with Crippen LogP contribution in [0.4, 0.5) is 5.69 Å². The maximum Gasteiger partial charge on any atom is 0.238 e. The zero-order valence-corrected chi connectivity index (χ0v) is 13.3. The molecule has 4 aliphatic rings. The number of nitrogens with zero attached hydrogens (tertiary/aromatic N) is 1. The number of anilines is 1. The van der Waals surface area contributed by atoms with E-state index in [9.17, 15) is 19.2 Å². The van der Waals surface area contributed by atoms with Gasteiger partial charge in [0.1, 0.15) is 11.6 Å². The molecule has 5 nitrogen and oxygen atoms in total. The average molecular weight is 352 g/mol. The van der Waals surface area contributed by atoms with Crippen LogP contribution in [-0.4, -0.2) is 23.4 Å². The van der Waals surface area contributed by atoms with Crippen LogP contribution in [0.5, 0.6) is 0 Å². The van der Waals surface area contributed by atoms with Gasteiger partial charge in [-0.2, -0.15) is 0 Å². The molecule has 1 aromatic rings. The van der Waals surface area contributed by atoms with Gasteiger partial charge < -0.3 is 0 Å². The number of benzene rings is 1. The third-order valence-corrected chi connectivity index (χ3v) is 5.83. The van der Waals surface area contributed by atoms with Crippen LogP contribution in [-0.2, 0) is 19.2 Å². The lowest BCUT2D eigenvalue weighted by Crippen LogP contribution is -2.51. The predicted molar refractivity (Wildman–Crippen MR) is 82.2 cm³/mol. The number of hydrogen-bond donors (Lipinski definition) is 0. The summed E-state index contributed by atoms with van der Waals surface area (Å²) >= 11 is 11.8. The van der Waals surface area contributed by atoms with E-state index in [1.165, 1.54) is 18.2 Å². The number of imide groups is 1. The Morgan fingerprint density at radius 1 is 0.826 bits per heavy atom. The molecule has 3 saturated carbocycles. The van der Waals surface area contributed by atoms with Crippen molar-refractivity contribution >= 4 is 52.3 Å². The number of ketones is 2. The van der Waals surface area contributed by atoms with Crippen LogP contribution < -0.4 is 4.90 Å². The molecular weight excluding hydrogens is 341 g/mol. The van der Waals surface area contributed by atoms with Gasteiger partial charge in [-0.25, -0.2) is 4.90 Å². The van der Waals surface area contributed by atoms with Gasteiger partial charge in [0.15, 0.2) is 0 Å². The molecular formula is C16H11Cl2NO4. The van der Waals surface area contributed by atoms with Crippen LogP contribution in [0.15, 0.2) is 18.2 Å². The molecule has 0 N–H and O–H groups in total. The fraction of sp³-hybridized carbons (Fsp3) is 0.375. The van der Waals surface area contributed by atoms with Crippen LogP contribution in [0, 0.1) is 23.7 Å². The molecule has 2 bridgehead atoms. The van der Waals surface area contributed by atoms with Gasteiger partial charge in [-0.3, -0.25) is 19.2 Å². The van der Waals surface area contributed by atoms with Crippen LogP contribution >= 0.6 is 23.2 Å². The molecule has 0 radical (unpaired) electrons. The summed E-state index contributed by atoms with van der Waals surface area (Å²) in [5.41, 5.74) is 0.322. The highest BCUT2D eigenvalue weighted by atomic mass is 35.5. The van der Waals surface area contributed by atoms with Gasteiger partial charge in [-0.1, -0.05) is 23.2 Å². The van der Waals surface area contributed by atoms with E-state index in [0.29, 0.717) is 10.7 Å². The molecule has 1 aromatic carbocycles. The molecule has 0 aromatic heterocycles. The number of carbonyl (C=O) groups excluding carboxylic acids is 4. The van der Waals surface area contributed by atoms with Crippen molar-refractivity contribution in [3.05, 3.63) is 28.2 Å². The van der Waals surface area contributed by atoms with Crippen LogP contribution in [0.2, 0.25) is 10.0 Å². The van der Waals surface area contributed by atoms with Gasteiger partial charge in [0.2, 0.25) is 11.8 Å². The summed E-state index contributed by atoms with van der Waals surface area (Å²) in [7, 11) is 0. The number of halogens is 2. The maximum atomic E-state index is 12.8. The number of Topliss-reactive ketones (excluding diaryl/α,β-unsaturated/α-hetero) is 2. The van der Waals surface area contributed by atoms with Gasteiger partial charge >= 0.3 is 0 Å². The molecule has 4 fully saturated rings. The number of amides is 2. The normalized spacial score (nSPS) is 32.7. The first-order chi connectivity index (χ1) is 10.9. The minimum Gasteiger partial charge on any atom is -0.299 e. The maximum absolute atomic E-state index is 12.8. The third-order valence-electron chi connectivity index (χ3n) is 5.10. The second kappa shape index (κ2) is 4.89.